The van der Waals surface area contributed by atoms with Gasteiger partial charge in [-0.25, -0.2) is 0 Å². The van der Waals surface area contributed by atoms with Crippen molar-refractivity contribution in [2.75, 3.05) is 13.1 Å². The van der Waals surface area contributed by atoms with Crippen molar-refractivity contribution in [3.63, 3.8) is 0 Å². The second-order valence-corrected chi connectivity index (χ2v) is 8.28. The summed E-state index contributed by atoms with van der Waals surface area (Å²) in [6, 6.07) is 3.85. The Morgan fingerprint density at radius 3 is 2.52 bits per heavy atom. The van der Waals surface area contributed by atoms with Gasteiger partial charge in [0, 0.05) is 19.1 Å². The highest BCUT2D eigenvalue weighted by Crippen LogP contribution is 2.43. The van der Waals surface area contributed by atoms with Crippen LogP contribution in [0.5, 0.6) is 0 Å². The fourth-order valence-electron chi connectivity index (χ4n) is 3.92. The van der Waals surface area contributed by atoms with E-state index in [-0.39, 0.29) is 12.1 Å². The van der Waals surface area contributed by atoms with Crippen molar-refractivity contribution in [2.45, 2.75) is 50.6 Å². The molecule has 3 heterocycles. The summed E-state index contributed by atoms with van der Waals surface area (Å²) >= 11 is 0. The highest BCUT2D eigenvalue weighted by molar-refractivity contribution is 7.86. The molecule has 4 rings (SSSR count). The molecule has 1 aliphatic carbocycles. The maximum atomic E-state index is 13.1. The maximum Gasteiger partial charge on any atom is 0.282 e. The molecular weight excluding hydrogens is 288 g/mol. The van der Waals surface area contributed by atoms with Crippen molar-refractivity contribution >= 4 is 10.2 Å². The van der Waals surface area contributed by atoms with Crippen LogP contribution in [0.2, 0.25) is 0 Å². The predicted octanol–water partition coefficient (Wildman–Crippen LogP) is 2.54. The molecule has 0 amide bonds. The van der Waals surface area contributed by atoms with Crippen LogP contribution in [0, 0.1) is 5.92 Å². The second kappa shape index (κ2) is 5.11. The van der Waals surface area contributed by atoms with Crippen molar-refractivity contribution in [3.8, 4) is 0 Å². The van der Waals surface area contributed by atoms with Gasteiger partial charge in [0.25, 0.3) is 10.2 Å². The van der Waals surface area contributed by atoms with Crippen molar-refractivity contribution in [1.29, 1.82) is 0 Å². The monoisotopic (exact) mass is 310 g/mol. The Kier molecular flexibility index (Phi) is 3.35. The molecule has 3 fully saturated rings. The molecule has 5 nitrogen and oxygen atoms in total. The Morgan fingerprint density at radius 1 is 1.05 bits per heavy atom. The van der Waals surface area contributed by atoms with E-state index in [0.717, 1.165) is 31.4 Å². The molecule has 1 aromatic heterocycles. The van der Waals surface area contributed by atoms with Gasteiger partial charge in [0.2, 0.25) is 0 Å². The van der Waals surface area contributed by atoms with Crippen molar-refractivity contribution in [2.24, 2.45) is 5.92 Å². The second-order valence-electron chi connectivity index (χ2n) is 6.45. The quantitative estimate of drug-likeness (QED) is 0.859. The molecule has 0 spiro atoms. The van der Waals surface area contributed by atoms with Gasteiger partial charge in [-0.3, -0.25) is 0 Å². The topological polar surface area (TPSA) is 53.8 Å². The summed E-state index contributed by atoms with van der Waals surface area (Å²) in [5, 5.41) is 0. The van der Waals surface area contributed by atoms with Crippen LogP contribution in [0.4, 0.5) is 0 Å². The van der Waals surface area contributed by atoms with E-state index >= 15 is 0 Å². The maximum absolute atomic E-state index is 13.1. The molecule has 0 radical (unpaired) electrons. The van der Waals surface area contributed by atoms with Crippen molar-refractivity contribution in [3.05, 3.63) is 24.2 Å². The summed E-state index contributed by atoms with van der Waals surface area (Å²) in [4.78, 5) is 0. The molecule has 116 valence electrons. The molecule has 0 N–H and O–H groups in total. The lowest BCUT2D eigenvalue weighted by molar-refractivity contribution is 0.284. The third-order valence-electron chi connectivity index (χ3n) is 5.08. The van der Waals surface area contributed by atoms with Gasteiger partial charge in [-0.2, -0.15) is 17.0 Å². The molecule has 2 saturated heterocycles. The van der Waals surface area contributed by atoms with Crippen LogP contribution in [0.25, 0.3) is 0 Å². The molecule has 1 aromatic rings. The van der Waals surface area contributed by atoms with Gasteiger partial charge < -0.3 is 4.42 Å². The van der Waals surface area contributed by atoms with E-state index in [9.17, 15) is 8.42 Å². The van der Waals surface area contributed by atoms with Crippen LogP contribution in [0.1, 0.15) is 50.3 Å². The molecule has 2 unspecified atom stereocenters. The van der Waals surface area contributed by atoms with E-state index in [1.54, 1.807) is 14.9 Å². The highest BCUT2D eigenvalue weighted by atomic mass is 32.2. The van der Waals surface area contributed by atoms with E-state index in [4.69, 9.17) is 4.42 Å². The summed E-state index contributed by atoms with van der Waals surface area (Å²) in [6.45, 7) is 1.30. The zero-order valence-electron chi connectivity index (χ0n) is 12.1. The van der Waals surface area contributed by atoms with Gasteiger partial charge in [-0.05, 0) is 56.6 Å². The van der Waals surface area contributed by atoms with Gasteiger partial charge in [0.1, 0.15) is 5.76 Å². The molecule has 2 aliphatic heterocycles. The molecule has 0 aromatic carbocycles. The fourth-order valence-corrected chi connectivity index (χ4v) is 6.06. The number of furan rings is 1. The zero-order valence-corrected chi connectivity index (χ0v) is 13.0. The first-order valence-corrected chi connectivity index (χ1v) is 9.39. The number of hydrogen-bond acceptors (Lipinski definition) is 3. The Labute approximate surface area is 126 Å². The standard InChI is InChI=1S/C15H22N2O3S/c18-21(19,16-9-1-4-13(16)12-7-8-12)17-10-2-5-14(17)15-6-3-11-20-15/h3,6,11-14H,1-2,4-5,7-10H2. The Balaban J connectivity index is 1.61. The van der Waals surface area contributed by atoms with E-state index in [0.29, 0.717) is 19.0 Å². The minimum Gasteiger partial charge on any atom is -0.468 e. The Hall–Kier alpha value is -0.850. The SMILES string of the molecule is O=S(=O)(N1CCCC1c1ccco1)N1CCCC1C1CC1. The summed E-state index contributed by atoms with van der Waals surface area (Å²) < 4.78 is 35.1. The average Bonchev–Trinajstić information content (AvgIpc) is 2.98. The predicted molar refractivity (Wildman–Crippen MR) is 78.8 cm³/mol. The molecule has 21 heavy (non-hydrogen) atoms. The van der Waals surface area contributed by atoms with Crippen LogP contribution in [-0.2, 0) is 10.2 Å². The first-order valence-electron chi connectivity index (χ1n) is 8.00. The van der Waals surface area contributed by atoms with Gasteiger partial charge >= 0.3 is 0 Å². The summed E-state index contributed by atoms with van der Waals surface area (Å²) in [6.07, 6.45) is 7.81. The van der Waals surface area contributed by atoms with E-state index < -0.39 is 10.2 Å². The third-order valence-corrected chi connectivity index (χ3v) is 7.16. The molecular formula is C15H22N2O3S. The molecule has 6 heteroatoms. The minimum atomic E-state index is -3.36. The van der Waals surface area contributed by atoms with Crippen LogP contribution < -0.4 is 0 Å². The normalized spacial score (nSPS) is 32.0. The smallest absolute Gasteiger partial charge is 0.282 e. The molecule has 1 saturated carbocycles. The van der Waals surface area contributed by atoms with Crippen molar-refractivity contribution in [1.82, 2.24) is 8.61 Å². The first-order chi connectivity index (χ1) is 10.2. The molecule has 3 aliphatic rings. The Morgan fingerprint density at radius 2 is 1.81 bits per heavy atom. The van der Waals surface area contributed by atoms with Gasteiger partial charge in [-0.1, -0.05) is 0 Å². The number of hydrogen-bond donors (Lipinski definition) is 0. The summed E-state index contributed by atoms with van der Waals surface area (Å²) in [5.41, 5.74) is 0. The number of rotatable bonds is 4. The molecule has 2 atom stereocenters. The fraction of sp³-hybridized carbons (Fsp3) is 0.733. The Bertz CT molecular complexity index is 594. The van der Waals surface area contributed by atoms with Crippen LogP contribution in [0.15, 0.2) is 22.8 Å². The van der Waals surface area contributed by atoms with Gasteiger partial charge in [-0.15, -0.1) is 0 Å². The summed E-state index contributed by atoms with van der Waals surface area (Å²) in [5.74, 6) is 1.38. The molecule has 0 bridgehead atoms. The lowest BCUT2D eigenvalue weighted by atomic mass is 10.1. The number of nitrogens with zero attached hydrogens (tertiary/aromatic N) is 2. The minimum absolute atomic E-state index is 0.120. The third kappa shape index (κ3) is 2.33. The average molecular weight is 310 g/mol. The van der Waals surface area contributed by atoms with Gasteiger partial charge in [0.15, 0.2) is 0 Å². The highest BCUT2D eigenvalue weighted by Gasteiger charge is 2.47. The van der Waals surface area contributed by atoms with E-state index in [2.05, 4.69) is 0 Å². The lowest BCUT2D eigenvalue weighted by Crippen LogP contribution is -2.46. The lowest BCUT2D eigenvalue weighted by Gasteiger charge is -2.31. The van der Waals surface area contributed by atoms with Crippen molar-refractivity contribution < 1.29 is 12.8 Å². The van der Waals surface area contributed by atoms with Crippen LogP contribution >= 0.6 is 0 Å². The van der Waals surface area contributed by atoms with Crippen LogP contribution in [-0.4, -0.2) is 36.2 Å². The van der Waals surface area contributed by atoms with E-state index in [1.807, 2.05) is 12.1 Å². The largest absolute Gasteiger partial charge is 0.468 e. The first kappa shape index (κ1) is 13.8. The van der Waals surface area contributed by atoms with Gasteiger partial charge in [0.05, 0.1) is 12.3 Å². The van der Waals surface area contributed by atoms with Crippen LogP contribution in [0.3, 0.4) is 0 Å². The zero-order chi connectivity index (χ0) is 14.4. The summed E-state index contributed by atoms with van der Waals surface area (Å²) in [7, 11) is -3.36. The van der Waals surface area contributed by atoms with E-state index in [1.165, 1.54) is 12.8 Å².